The average Bonchev–Trinajstić information content (AvgIpc) is 2.60. The van der Waals surface area contributed by atoms with E-state index in [9.17, 15) is 13.2 Å². The van der Waals surface area contributed by atoms with Crippen molar-refractivity contribution in [3.8, 4) is 0 Å². The maximum atomic E-state index is 11.7. The Kier molecular flexibility index (Phi) is 3.40. The number of likely N-dealkylation sites (N-methyl/N-ethyl adjacent to an activating group) is 1. The second-order valence-electron chi connectivity index (χ2n) is 3.92. The summed E-state index contributed by atoms with van der Waals surface area (Å²) in [5, 5.41) is 2.15. The monoisotopic (exact) mass is 235 g/mol. The Morgan fingerprint density at radius 2 is 2.13 bits per heavy atom. The third-order valence-corrected chi connectivity index (χ3v) is 4.77. The van der Waals surface area contributed by atoms with Crippen LogP contribution in [0.1, 0.15) is 19.3 Å². The molecule has 1 aliphatic carbocycles. The first-order valence-corrected chi connectivity index (χ1v) is 6.80. The molecule has 15 heavy (non-hydrogen) atoms. The van der Waals surface area contributed by atoms with Gasteiger partial charge in [-0.05, 0) is 26.3 Å². The van der Waals surface area contributed by atoms with E-state index in [1.807, 2.05) is 0 Å². The van der Waals surface area contributed by atoms with Crippen LogP contribution in [0.4, 0.5) is 0 Å². The number of ether oxygens (including phenoxy) is 1. The normalized spacial score (nSPS) is 31.5. The van der Waals surface area contributed by atoms with E-state index in [1.54, 1.807) is 7.05 Å². The van der Waals surface area contributed by atoms with Gasteiger partial charge in [0.1, 0.15) is 5.54 Å². The number of methoxy groups -OCH3 is 1. The molecule has 1 rings (SSSR count). The van der Waals surface area contributed by atoms with E-state index in [0.717, 1.165) is 6.26 Å². The van der Waals surface area contributed by atoms with Gasteiger partial charge in [0.25, 0.3) is 0 Å². The van der Waals surface area contributed by atoms with Crippen LogP contribution in [0.2, 0.25) is 0 Å². The topological polar surface area (TPSA) is 72.5 Å². The summed E-state index contributed by atoms with van der Waals surface area (Å²) < 4.78 is 27.8. The van der Waals surface area contributed by atoms with Crippen molar-refractivity contribution in [2.45, 2.75) is 30.1 Å². The van der Waals surface area contributed by atoms with Crippen LogP contribution in [0.3, 0.4) is 0 Å². The molecule has 0 aromatic rings. The zero-order valence-corrected chi connectivity index (χ0v) is 10.1. The lowest BCUT2D eigenvalue weighted by Gasteiger charge is -2.31. The van der Waals surface area contributed by atoms with Crippen molar-refractivity contribution in [2.24, 2.45) is 0 Å². The second kappa shape index (κ2) is 4.09. The van der Waals surface area contributed by atoms with Gasteiger partial charge in [0, 0.05) is 6.26 Å². The smallest absolute Gasteiger partial charge is 0.327 e. The highest BCUT2D eigenvalue weighted by Gasteiger charge is 2.53. The standard InChI is InChI=1S/C9H17NO4S/c1-10-9(8(11)14-2)6-4-5-7(9)15(3,12)13/h7,10H,4-6H2,1-3H3. The molecule has 0 bridgehead atoms. The Morgan fingerprint density at radius 1 is 1.53 bits per heavy atom. The van der Waals surface area contributed by atoms with Gasteiger partial charge in [-0.1, -0.05) is 0 Å². The Bertz CT molecular complexity index is 351. The zero-order valence-electron chi connectivity index (χ0n) is 9.24. The first-order valence-electron chi connectivity index (χ1n) is 4.84. The molecule has 0 amide bonds. The molecule has 2 unspecified atom stereocenters. The van der Waals surface area contributed by atoms with Crippen LogP contribution >= 0.6 is 0 Å². The van der Waals surface area contributed by atoms with Crippen LogP contribution < -0.4 is 5.32 Å². The minimum Gasteiger partial charge on any atom is -0.468 e. The van der Waals surface area contributed by atoms with Crippen molar-refractivity contribution in [1.29, 1.82) is 0 Å². The maximum absolute atomic E-state index is 11.7. The molecular weight excluding hydrogens is 218 g/mol. The van der Waals surface area contributed by atoms with E-state index in [2.05, 4.69) is 10.1 Å². The van der Waals surface area contributed by atoms with Gasteiger partial charge < -0.3 is 10.1 Å². The van der Waals surface area contributed by atoms with Gasteiger partial charge in [0.15, 0.2) is 9.84 Å². The number of carbonyl (C=O) groups excluding carboxylic acids is 1. The fourth-order valence-electron chi connectivity index (χ4n) is 2.36. The molecule has 0 aliphatic heterocycles. The molecule has 1 saturated carbocycles. The molecule has 0 aromatic carbocycles. The second-order valence-corrected chi connectivity index (χ2v) is 6.15. The number of hydrogen-bond acceptors (Lipinski definition) is 5. The van der Waals surface area contributed by atoms with Crippen molar-refractivity contribution in [3.63, 3.8) is 0 Å². The summed E-state index contributed by atoms with van der Waals surface area (Å²) in [6, 6.07) is 0. The molecule has 1 fully saturated rings. The molecule has 1 aliphatic rings. The third kappa shape index (κ3) is 2.01. The van der Waals surface area contributed by atoms with E-state index in [4.69, 9.17) is 0 Å². The first kappa shape index (κ1) is 12.4. The largest absolute Gasteiger partial charge is 0.468 e. The van der Waals surface area contributed by atoms with E-state index >= 15 is 0 Å². The summed E-state index contributed by atoms with van der Waals surface area (Å²) in [6.07, 6.45) is 2.90. The lowest BCUT2D eigenvalue weighted by atomic mass is 9.98. The molecule has 1 N–H and O–H groups in total. The third-order valence-electron chi connectivity index (χ3n) is 3.10. The summed E-state index contributed by atoms with van der Waals surface area (Å²) in [5.74, 6) is -0.488. The maximum Gasteiger partial charge on any atom is 0.327 e. The molecule has 6 heteroatoms. The first-order chi connectivity index (χ1) is 6.88. The minimum absolute atomic E-state index is 0.488. The fraction of sp³-hybridized carbons (Fsp3) is 0.889. The molecule has 0 saturated heterocycles. The number of sulfone groups is 1. The summed E-state index contributed by atoms with van der Waals surface area (Å²) in [6.45, 7) is 0. The van der Waals surface area contributed by atoms with Crippen LogP contribution in [0.5, 0.6) is 0 Å². The lowest BCUT2D eigenvalue weighted by Crippen LogP contribution is -2.58. The van der Waals surface area contributed by atoms with Crippen molar-refractivity contribution >= 4 is 15.8 Å². The highest BCUT2D eigenvalue weighted by molar-refractivity contribution is 7.91. The van der Waals surface area contributed by atoms with Crippen LogP contribution in [-0.4, -0.2) is 45.6 Å². The molecule has 2 atom stereocenters. The zero-order chi connectivity index (χ0) is 11.7. The van der Waals surface area contributed by atoms with Crippen molar-refractivity contribution in [3.05, 3.63) is 0 Å². The summed E-state index contributed by atoms with van der Waals surface area (Å²) >= 11 is 0. The van der Waals surface area contributed by atoms with E-state index in [1.165, 1.54) is 7.11 Å². The molecule has 0 aromatic heterocycles. The van der Waals surface area contributed by atoms with E-state index in [-0.39, 0.29) is 0 Å². The summed E-state index contributed by atoms with van der Waals surface area (Å²) in [5.41, 5.74) is -1.05. The molecule has 0 heterocycles. The number of nitrogens with one attached hydrogen (secondary N) is 1. The predicted molar refractivity (Wildman–Crippen MR) is 56.3 cm³/mol. The minimum atomic E-state index is -3.24. The molecular formula is C9H17NO4S. The number of hydrogen-bond donors (Lipinski definition) is 1. The fourth-order valence-corrected chi connectivity index (χ4v) is 4.01. The SMILES string of the molecule is CNC1(C(=O)OC)CCCC1S(C)(=O)=O. The molecule has 0 radical (unpaired) electrons. The predicted octanol–water partition coefficient (Wildman–Crippen LogP) is -0.285. The lowest BCUT2D eigenvalue weighted by molar-refractivity contribution is -0.148. The van der Waals surface area contributed by atoms with Gasteiger partial charge in [0.05, 0.1) is 12.4 Å². The highest BCUT2D eigenvalue weighted by atomic mass is 32.2. The van der Waals surface area contributed by atoms with Crippen LogP contribution in [0.25, 0.3) is 0 Å². The number of rotatable bonds is 3. The Hall–Kier alpha value is -0.620. The Morgan fingerprint density at radius 3 is 2.53 bits per heavy atom. The average molecular weight is 235 g/mol. The van der Waals surface area contributed by atoms with Crippen LogP contribution in [0.15, 0.2) is 0 Å². The highest BCUT2D eigenvalue weighted by Crippen LogP contribution is 2.35. The molecule has 88 valence electrons. The van der Waals surface area contributed by atoms with E-state index < -0.39 is 26.6 Å². The Labute approximate surface area is 90.1 Å². The van der Waals surface area contributed by atoms with Crippen LogP contribution in [0, 0.1) is 0 Å². The number of esters is 1. The summed E-state index contributed by atoms with van der Waals surface area (Å²) in [7, 11) is -0.366. The Balaban J connectivity index is 3.13. The number of carbonyl (C=O) groups is 1. The van der Waals surface area contributed by atoms with Gasteiger partial charge in [-0.2, -0.15) is 0 Å². The van der Waals surface area contributed by atoms with Crippen molar-refractivity contribution in [2.75, 3.05) is 20.4 Å². The van der Waals surface area contributed by atoms with Gasteiger partial charge in [0.2, 0.25) is 0 Å². The summed E-state index contributed by atoms with van der Waals surface area (Å²) in [4.78, 5) is 11.7. The molecule has 5 nitrogen and oxygen atoms in total. The van der Waals surface area contributed by atoms with Gasteiger partial charge in [-0.25, -0.2) is 8.42 Å². The van der Waals surface area contributed by atoms with Gasteiger partial charge >= 0.3 is 5.97 Å². The van der Waals surface area contributed by atoms with Crippen molar-refractivity contribution < 1.29 is 17.9 Å². The van der Waals surface area contributed by atoms with Crippen LogP contribution in [-0.2, 0) is 19.4 Å². The molecule has 0 spiro atoms. The van der Waals surface area contributed by atoms with Crippen molar-refractivity contribution in [1.82, 2.24) is 5.32 Å². The van der Waals surface area contributed by atoms with Gasteiger partial charge in [-0.15, -0.1) is 0 Å². The van der Waals surface area contributed by atoms with Gasteiger partial charge in [-0.3, -0.25) is 4.79 Å². The van der Waals surface area contributed by atoms with E-state index in [0.29, 0.717) is 19.3 Å². The quantitative estimate of drug-likeness (QED) is 0.681.